The van der Waals surface area contributed by atoms with E-state index in [0.717, 1.165) is 5.56 Å². The third-order valence-electron chi connectivity index (χ3n) is 4.54. The first-order chi connectivity index (χ1) is 15.8. The van der Waals surface area contributed by atoms with Crippen LogP contribution in [0, 0.1) is 23.0 Å². The molecule has 0 bridgehead atoms. The van der Waals surface area contributed by atoms with Crippen molar-refractivity contribution in [3.8, 4) is 5.75 Å². The molecule has 3 aromatic rings. The number of aryl methyl sites for hydroxylation is 1. The first-order valence-corrected chi connectivity index (χ1v) is 10.2. The maximum absolute atomic E-state index is 12.1. The molecule has 2 aromatic carbocycles. The molecular formula is C23H25N5O5. The summed E-state index contributed by atoms with van der Waals surface area (Å²) in [6, 6.07) is 11.8. The maximum atomic E-state index is 12.1. The molecule has 1 heterocycles. The van der Waals surface area contributed by atoms with Crippen molar-refractivity contribution in [3.05, 3.63) is 70.0 Å². The molecule has 2 N–H and O–H groups in total. The van der Waals surface area contributed by atoms with Gasteiger partial charge in [0.25, 0.3) is 0 Å². The van der Waals surface area contributed by atoms with Gasteiger partial charge in [-0.25, -0.2) is 14.8 Å². The Bertz CT molecular complexity index is 1150. The summed E-state index contributed by atoms with van der Waals surface area (Å²) < 4.78 is 10.5. The van der Waals surface area contributed by atoms with E-state index in [1.807, 2.05) is 26.8 Å². The largest absolute Gasteiger partial charge is 0.495 e. The van der Waals surface area contributed by atoms with E-state index in [2.05, 4.69) is 20.6 Å². The van der Waals surface area contributed by atoms with E-state index in [-0.39, 0.29) is 23.2 Å². The SMILES string of the molecule is COc1ccc(C)cc1Nc1ncnc(Nc2ccc(C(=O)OCC(C)C)cc2)c1[N+](=O)[O-]. The van der Waals surface area contributed by atoms with Crippen LogP contribution in [-0.2, 0) is 4.74 Å². The van der Waals surface area contributed by atoms with E-state index < -0.39 is 10.9 Å². The minimum absolute atomic E-state index is 0.000691. The van der Waals surface area contributed by atoms with Gasteiger partial charge in [-0.2, -0.15) is 0 Å². The molecule has 0 saturated carbocycles. The second-order valence-electron chi connectivity index (χ2n) is 7.70. The number of carbonyl (C=O) groups excluding carboxylic acids is 1. The molecule has 0 fully saturated rings. The van der Waals surface area contributed by atoms with Crippen LogP contribution < -0.4 is 15.4 Å². The number of ether oxygens (including phenoxy) is 2. The van der Waals surface area contributed by atoms with Gasteiger partial charge >= 0.3 is 11.7 Å². The molecule has 0 aliphatic rings. The highest BCUT2D eigenvalue weighted by Crippen LogP contribution is 2.35. The van der Waals surface area contributed by atoms with Gasteiger partial charge in [0.2, 0.25) is 11.6 Å². The third kappa shape index (κ3) is 5.94. The molecule has 0 aliphatic heterocycles. The molecule has 0 radical (unpaired) electrons. The van der Waals surface area contributed by atoms with E-state index in [0.29, 0.717) is 29.3 Å². The van der Waals surface area contributed by atoms with E-state index in [1.165, 1.54) is 13.4 Å². The number of esters is 1. The fourth-order valence-electron chi connectivity index (χ4n) is 2.93. The molecule has 0 saturated heterocycles. The first kappa shape index (κ1) is 23.5. The molecule has 172 valence electrons. The smallest absolute Gasteiger partial charge is 0.353 e. The van der Waals surface area contributed by atoms with Crippen LogP contribution in [0.15, 0.2) is 48.8 Å². The number of methoxy groups -OCH3 is 1. The predicted molar refractivity (Wildman–Crippen MR) is 125 cm³/mol. The minimum atomic E-state index is -0.565. The summed E-state index contributed by atoms with van der Waals surface area (Å²) in [4.78, 5) is 31.5. The van der Waals surface area contributed by atoms with E-state index in [4.69, 9.17) is 9.47 Å². The maximum Gasteiger partial charge on any atom is 0.353 e. The molecule has 0 spiro atoms. The van der Waals surface area contributed by atoms with Gasteiger partial charge in [0, 0.05) is 5.69 Å². The first-order valence-electron chi connectivity index (χ1n) is 10.2. The summed E-state index contributed by atoms with van der Waals surface area (Å²) >= 11 is 0. The van der Waals surface area contributed by atoms with Crippen LogP contribution in [-0.4, -0.2) is 34.6 Å². The van der Waals surface area contributed by atoms with Gasteiger partial charge < -0.3 is 20.1 Å². The van der Waals surface area contributed by atoms with Crippen molar-refractivity contribution in [3.63, 3.8) is 0 Å². The average Bonchev–Trinajstić information content (AvgIpc) is 2.78. The standard InChI is InChI=1S/C23H25N5O5/c1-14(2)12-33-23(29)16-6-8-17(9-7-16)26-21-20(28(30)31)22(25-13-24-21)27-18-11-15(3)5-10-19(18)32-4/h5-11,13-14H,12H2,1-4H3,(H2,24,25,26,27). The van der Waals surface area contributed by atoms with Crippen molar-refractivity contribution < 1.29 is 19.2 Å². The Kier molecular flexibility index (Phi) is 7.39. The number of carbonyl (C=O) groups is 1. The van der Waals surface area contributed by atoms with E-state index in [1.54, 1.807) is 36.4 Å². The molecule has 0 aliphatic carbocycles. The monoisotopic (exact) mass is 451 g/mol. The average molecular weight is 451 g/mol. The number of nitro groups is 1. The van der Waals surface area contributed by atoms with Crippen LogP contribution >= 0.6 is 0 Å². The number of nitrogens with one attached hydrogen (secondary N) is 2. The molecule has 33 heavy (non-hydrogen) atoms. The summed E-state index contributed by atoms with van der Waals surface area (Å²) in [5.41, 5.74) is 2.04. The second-order valence-corrected chi connectivity index (χ2v) is 7.70. The Balaban J connectivity index is 1.85. The van der Waals surface area contributed by atoms with Gasteiger partial charge in [0.05, 0.1) is 29.9 Å². The fourth-order valence-corrected chi connectivity index (χ4v) is 2.93. The van der Waals surface area contributed by atoms with Gasteiger partial charge in [0.15, 0.2) is 0 Å². The number of benzene rings is 2. The van der Waals surface area contributed by atoms with Crippen molar-refractivity contribution >= 4 is 34.7 Å². The lowest BCUT2D eigenvalue weighted by Gasteiger charge is -2.13. The minimum Gasteiger partial charge on any atom is -0.495 e. The summed E-state index contributed by atoms with van der Waals surface area (Å²) in [5.74, 6) is 0.329. The third-order valence-corrected chi connectivity index (χ3v) is 4.54. The normalized spacial score (nSPS) is 10.6. The zero-order chi connectivity index (χ0) is 24.0. The lowest BCUT2D eigenvalue weighted by atomic mass is 10.2. The Morgan fingerprint density at radius 3 is 2.36 bits per heavy atom. The number of nitrogens with zero attached hydrogens (tertiary/aromatic N) is 3. The quantitative estimate of drug-likeness (QED) is 0.262. The van der Waals surface area contributed by atoms with Crippen molar-refractivity contribution in [2.45, 2.75) is 20.8 Å². The molecule has 10 heteroatoms. The van der Waals surface area contributed by atoms with Crippen LogP contribution in [0.3, 0.4) is 0 Å². The highest BCUT2D eigenvalue weighted by molar-refractivity contribution is 5.90. The number of rotatable bonds is 9. The van der Waals surface area contributed by atoms with Gasteiger partial charge in [-0.1, -0.05) is 19.9 Å². The molecule has 10 nitrogen and oxygen atoms in total. The number of hydrogen-bond acceptors (Lipinski definition) is 9. The van der Waals surface area contributed by atoms with Gasteiger partial charge in [-0.15, -0.1) is 0 Å². The van der Waals surface area contributed by atoms with Crippen molar-refractivity contribution in [2.24, 2.45) is 5.92 Å². The molecule has 0 atom stereocenters. The Morgan fingerprint density at radius 2 is 1.76 bits per heavy atom. The highest BCUT2D eigenvalue weighted by Gasteiger charge is 2.24. The van der Waals surface area contributed by atoms with Gasteiger partial charge in [-0.05, 0) is 54.8 Å². The summed E-state index contributed by atoms with van der Waals surface area (Å²) in [7, 11) is 1.51. The molecule has 0 amide bonds. The molecule has 3 rings (SSSR count). The van der Waals surface area contributed by atoms with E-state index >= 15 is 0 Å². The van der Waals surface area contributed by atoms with Crippen LogP contribution in [0.2, 0.25) is 0 Å². The van der Waals surface area contributed by atoms with Crippen molar-refractivity contribution in [2.75, 3.05) is 24.4 Å². The second kappa shape index (κ2) is 10.4. The zero-order valence-corrected chi connectivity index (χ0v) is 18.8. The number of aromatic nitrogens is 2. The van der Waals surface area contributed by atoms with Crippen LogP contribution in [0.4, 0.5) is 28.7 Å². The molecule has 0 unspecified atom stereocenters. The predicted octanol–water partition coefficient (Wildman–Crippen LogP) is 5.00. The van der Waals surface area contributed by atoms with Crippen molar-refractivity contribution in [1.29, 1.82) is 0 Å². The lowest BCUT2D eigenvalue weighted by molar-refractivity contribution is -0.383. The van der Waals surface area contributed by atoms with Crippen LogP contribution in [0.25, 0.3) is 0 Å². The van der Waals surface area contributed by atoms with Crippen LogP contribution in [0.5, 0.6) is 5.75 Å². The number of hydrogen-bond donors (Lipinski definition) is 2. The topological polar surface area (TPSA) is 129 Å². The highest BCUT2D eigenvalue weighted by atomic mass is 16.6. The van der Waals surface area contributed by atoms with Gasteiger partial charge in [-0.3, -0.25) is 10.1 Å². The summed E-state index contributed by atoms with van der Waals surface area (Å²) in [6.07, 6.45) is 1.22. The fraction of sp³-hybridized carbons (Fsp3) is 0.261. The van der Waals surface area contributed by atoms with E-state index in [9.17, 15) is 14.9 Å². The summed E-state index contributed by atoms with van der Waals surface area (Å²) in [5, 5.41) is 17.8. The molecule has 1 aromatic heterocycles. The Hall–Kier alpha value is -4.21. The Morgan fingerprint density at radius 1 is 1.09 bits per heavy atom. The lowest BCUT2D eigenvalue weighted by Crippen LogP contribution is -2.10. The summed E-state index contributed by atoms with van der Waals surface area (Å²) in [6.45, 7) is 6.13. The Labute approximate surface area is 191 Å². The van der Waals surface area contributed by atoms with Crippen LogP contribution in [0.1, 0.15) is 29.8 Å². The molecular weight excluding hydrogens is 426 g/mol. The van der Waals surface area contributed by atoms with Gasteiger partial charge in [0.1, 0.15) is 12.1 Å². The zero-order valence-electron chi connectivity index (χ0n) is 18.8. The van der Waals surface area contributed by atoms with Crippen molar-refractivity contribution in [1.82, 2.24) is 9.97 Å². The number of anilines is 4.